The number of morpholine rings is 1. The van der Waals surface area contributed by atoms with Crippen molar-refractivity contribution in [2.24, 2.45) is 0 Å². The highest BCUT2D eigenvalue weighted by molar-refractivity contribution is 5.42. The van der Waals surface area contributed by atoms with E-state index in [1.54, 1.807) is 6.07 Å². The van der Waals surface area contributed by atoms with Gasteiger partial charge in [-0.3, -0.25) is 0 Å². The molecule has 1 aliphatic carbocycles. The van der Waals surface area contributed by atoms with Crippen molar-refractivity contribution in [2.75, 3.05) is 13.2 Å². The van der Waals surface area contributed by atoms with Crippen molar-refractivity contribution in [3.63, 3.8) is 0 Å². The van der Waals surface area contributed by atoms with E-state index in [1.165, 1.54) is 12.1 Å². The Morgan fingerprint density at radius 1 is 1.33 bits per heavy atom. The summed E-state index contributed by atoms with van der Waals surface area (Å²) < 4.78 is 45.9. The van der Waals surface area contributed by atoms with Gasteiger partial charge < -0.3 is 14.8 Å². The van der Waals surface area contributed by atoms with Gasteiger partial charge in [-0.25, -0.2) is 0 Å². The summed E-state index contributed by atoms with van der Waals surface area (Å²) in [6, 6.07) is 4.58. The quantitative estimate of drug-likeness (QED) is 0.838. The van der Waals surface area contributed by atoms with Gasteiger partial charge in [0.25, 0.3) is 0 Å². The van der Waals surface area contributed by atoms with Crippen LogP contribution in [0.3, 0.4) is 0 Å². The first-order valence-corrected chi connectivity index (χ1v) is 5.76. The van der Waals surface area contributed by atoms with Crippen LogP contribution in [0.1, 0.15) is 17.2 Å². The molecule has 1 aromatic carbocycles. The average Bonchev–Trinajstić information content (AvgIpc) is 2.64. The zero-order valence-corrected chi connectivity index (χ0v) is 9.46. The minimum Gasteiger partial charge on any atom is -0.406 e. The van der Waals surface area contributed by atoms with Crippen molar-refractivity contribution in [2.45, 2.75) is 24.9 Å². The van der Waals surface area contributed by atoms with E-state index in [-0.39, 0.29) is 17.9 Å². The number of rotatable bonds is 1. The van der Waals surface area contributed by atoms with Crippen LogP contribution in [0.25, 0.3) is 0 Å². The first-order chi connectivity index (χ1) is 8.53. The predicted octanol–water partition coefficient (Wildman–Crippen LogP) is 2.17. The summed E-state index contributed by atoms with van der Waals surface area (Å²) in [5, 5.41) is 3.32. The van der Waals surface area contributed by atoms with Gasteiger partial charge in [-0.15, -0.1) is 13.2 Å². The van der Waals surface area contributed by atoms with Gasteiger partial charge in [-0.05, 0) is 23.3 Å². The van der Waals surface area contributed by atoms with Crippen LogP contribution in [0.15, 0.2) is 18.2 Å². The van der Waals surface area contributed by atoms with Gasteiger partial charge in [0.1, 0.15) is 5.75 Å². The molecular formula is C12H12F3NO2. The number of halogens is 3. The molecule has 1 heterocycles. The van der Waals surface area contributed by atoms with Gasteiger partial charge in [-0.1, -0.05) is 6.07 Å². The fourth-order valence-electron chi connectivity index (χ4n) is 2.62. The van der Waals surface area contributed by atoms with Crippen molar-refractivity contribution >= 4 is 0 Å². The molecule has 0 unspecified atom stereocenters. The van der Waals surface area contributed by atoms with Crippen LogP contribution in [0.5, 0.6) is 5.75 Å². The van der Waals surface area contributed by atoms with Crippen molar-refractivity contribution in [3.8, 4) is 5.75 Å². The number of fused-ring (bicyclic) bond motifs is 3. The fraction of sp³-hybridized carbons (Fsp3) is 0.500. The van der Waals surface area contributed by atoms with Crippen LogP contribution >= 0.6 is 0 Å². The van der Waals surface area contributed by atoms with Gasteiger partial charge in [-0.2, -0.15) is 0 Å². The Morgan fingerprint density at radius 3 is 2.94 bits per heavy atom. The first kappa shape index (κ1) is 11.8. The number of benzene rings is 1. The van der Waals surface area contributed by atoms with Crippen molar-refractivity contribution in [1.82, 2.24) is 5.32 Å². The third kappa shape index (κ3) is 2.18. The van der Waals surface area contributed by atoms with Gasteiger partial charge in [0, 0.05) is 13.0 Å². The molecule has 0 amide bonds. The van der Waals surface area contributed by atoms with E-state index in [1.807, 2.05) is 0 Å². The lowest BCUT2D eigenvalue weighted by Gasteiger charge is -2.27. The van der Waals surface area contributed by atoms with E-state index in [4.69, 9.17) is 4.74 Å². The maximum atomic E-state index is 12.1. The van der Waals surface area contributed by atoms with E-state index in [0.717, 1.165) is 17.7 Å². The number of nitrogens with one attached hydrogen (secondary N) is 1. The monoisotopic (exact) mass is 259 g/mol. The normalized spacial score (nSPS) is 26.6. The molecule has 0 aromatic heterocycles. The van der Waals surface area contributed by atoms with Crippen LogP contribution in [0.2, 0.25) is 0 Å². The Morgan fingerprint density at radius 2 is 2.17 bits per heavy atom. The lowest BCUT2D eigenvalue weighted by Crippen LogP contribution is -2.39. The van der Waals surface area contributed by atoms with Crippen LogP contribution in [0, 0.1) is 0 Å². The molecular weight excluding hydrogens is 247 g/mol. The smallest absolute Gasteiger partial charge is 0.406 e. The van der Waals surface area contributed by atoms with Crippen LogP contribution < -0.4 is 10.1 Å². The molecule has 2 aliphatic rings. The Labute approximate surface area is 102 Å². The SMILES string of the molecule is FC(F)(F)Oc1ccc2c(c1)C[C@H]1OCCN[C@@H]21. The molecule has 2 atom stereocenters. The number of hydrogen-bond acceptors (Lipinski definition) is 3. The lowest BCUT2D eigenvalue weighted by molar-refractivity contribution is -0.274. The van der Waals surface area contributed by atoms with E-state index >= 15 is 0 Å². The largest absolute Gasteiger partial charge is 0.573 e. The number of hydrogen-bond donors (Lipinski definition) is 1. The fourth-order valence-corrected chi connectivity index (χ4v) is 2.62. The highest BCUT2D eigenvalue weighted by atomic mass is 19.4. The second kappa shape index (κ2) is 4.13. The molecule has 1 saturated heterocycles. The van der Waals surface area contributed by atoms with E-state index in [2.05, 4.69) is 10.1 Å². The predicted molar refractivity (Wildman–Crippen MR) is 57.3 cm³/mol. The summed E-state index contributed by atoms with van der Waals surface area (Å²) in [5.41, 5.74) is 1.87. The molecule has 0 bridgehead atoms. The average molecular weight is 259 g/mol. The lowest BCUT2D eigenvalue weighted by atomic mass is 10.1. The second-order valence-electron chi connectivity index (χ2n) is 4.45. The minimum atomic E-state index is -4.64. The van der Waals surface area contributed by atoms with Crippen molar-refractivity contribution in [3.05, 3.63) is 29.3 Å². The van der Waals surface area contributed by atoms with Gasteiger partial charge in [0.05, 0.1) is 18.8 Å². The van der Waals surface area contributed by atoms with Gasteiger partial charge in [0.2, 0.25) is 0 Å². The molecule has 98 valence electrons. The summed E-state index contributed by atoms with van der Waals surface area (Å²) in [5.74, 6) is -0.167. The highest BCUT2D eigenvalue weighted by Gasteiger charge is 2.36. The molecule has 0 spiro atoms. The van der Waals surface area contributed by atoms with Gasteiger partial charge in [0.15, 0.2) is 0 Å². The molecule has 1 aromatic rings. The van der Waals surface area contributed by atoms with Crippen LogP contribution in [0.4, 0.5) is 13.2 Å². The summed E-state index contributed by atoms with van der Waals surface area (Å²) in [4.78, 5) is 0. The Hall–Kier alpha value is -1.27. The third-order valence-corrected chi connectivity index (χ3v) is 3.27. The molecule has 3 rings (SSSR count). The maximum Gasteiger partial charge on any atom is 0.573 e. The summed E-state index contributed by atoms with van der Waals surface area (Å²) in [6.45, 7) is 1.41. The molecule has 3 nitrogen and oxygen atoms in total. The van der Waals surface area contributed by atoms with Crippen LogP contribution in [-0.4, -0.2) is 25.6 Å². The Kier molecular flexibility index (Phi) is 2.71. The molecule has 6 heteroatoms. The van der Waals surface area contributed by atoms with Crippen molar-refractivity contribution in [1.29, 1.82) is 0 Å². The number of alkyl halides is 3. The zero-order chi connectivity index (χ0) is 12.8. The molecule has 1 aliphatic heterocycles. The number of ether oxygens (including phenoxy) is 2. The summed E-state index contributed by atoms with van der Waals surface area (Å²) in [7, 11) is 0. The molecule has 18 heavy (non-hydrogen) atoms. The van der Waals surface area contributed by atoms with E-state index < -0.39 is 6.36 Å². The standard InChI is InChI=1S/C12H12F3NO2/c13-12(14,15)18-8-1-2-9-7(5-8)6-10-11(9)16-3-4-17-10/h1-2,5,10-11,16H,3-4,6H2/t10-,11+/m1/s1. The molecule has 1 fully saturated rings. The zero-order valence-electron chi connectivity index (χ0n) is 9.46. The minimum absolute atomic E-state index is 0.0230. The first-order valence-electron chi connectivity index (χ1n) is 5.76. The van der Waals surface area contributed by atoms with Crippen molar-refractivity contribution < 1.29 is 22.6 Å². The summed E-state index contributed by atoms with van der Waals surface area (Å²) in [6.07, 6.45) is -3.99. The Balaban J connectivity index is 1.85. The van der Waals surface area contributed by atoms with Gasteiger partial charge >= 0.3 is 6.36 Å². The highest BCUT2D eigenvalue weighted by Crippen LogP contribution is 2.37. The maximum absolute atomic E-state index is 12.1. The topological polar surface area (TPSA) is 30.5 Å². The molecule has 0 saturated carbocycles. The molecule has 0 radical (unpaired) electrons. The van der Waals surface area contributed by atoms with E-state index in [9.17, 15) is 13.2 Å². The second-order valence-corrected chi connectivity index (χ2v) is 4.45. The van der Waals surface area contributed by atoms with E-state index in [0.29, 0.717) is 13.0 Å². The molecule has 1 N–H and O–H groups in total. The van der Waals surface area contributed by atoms with Crippen LogP contribution in [-0.2, 0) is 11.2 Å². The Bertz CT molecular complexity index is 461. The summed E-state index contributed by atoms with van der Waals surface area (Å²) >= 11 is 0. The third-order valence-electron chi connectivity index (χ3n) is 3.27.